The van der Waals surface area contributed by atoms with E-state index >= 15 is 0 Å². The van der Waals surface area contributed by atoms with Gasteiger partial charge in [0.2, 0.25) is 0 Å². The van der Waals surface area contributed by atoms with Crippen molar-refractivity contribution in [3.63, 3.8) is 0 Å². The third-order valence-corrected chi connectivity index (χ3v) is 5.96. The van der Waals surface area contributed by atoms with Crippen molar-refractivity contribution in [3.8, 4) is 0 Å². The van der Waals surface area contributed by atoms with Gasteiger partial charge in [0.1, 0.15) is 12.2 Å². The molecule has 0 bridgehead atoms. The van der Waals surface area contributed by atoms with E-state index in [2.05, 4.69) is 29.0 Å². The van der Waals surface area contributed by atoms with Gasteiger partial charge < -0.3 is 23.8 Å². The largest absolute Gasteiger partial charge is 0.445 e. The van der Waals surface area contributed by atoms with Crippen molar-refractivity contribution in [1.29, 1.82) is 0 Å². The molecular formula is C27H33N3O4. The van der Waals surface area contributed by atoms with Crippen LogP contribution in [0.5, 0.6) is 0 Å². The third kappa shape index (κ3) is 5.90. The van der Waals surface area contributed by atoms with Crippen molar-refractivity contribution < 1.29 is 19.1 Å². The number of nitrogens with zero attached hydrogens (tertiary/aromatic N) is 3. The van der Waals surface area contributed by atoms with Gasteiger partial charge in [0, 0.05) is 37.9 Å². The lowest BCUT2D eigenvalue weighted by Crippen LogP contribution is -2.57. The lowest BCUT2D eigenvalue weighted by molar-refractivity contribution is -0.00496. The molecule has 2 amide bonds. The number of aromatic nitrogens is 1. The smallest absolute Gasteiger partial charge is 0.410 e. The Labute approximate surface area is 200 Å². The molecule has 0 N–H and O–H groups in total. The van der Waals surface area contributed by atoms with E-state index in [1.54, 1.807) is 9.80 Å². The fourth-order valence-corrected chi connectivity index (χ4v) is 4.26. The number of ether oxygens (including phenoxy) is 2. The molecule has 0 aliphatic carbocycles. The number of para-hydroxylation sites is 1. The zero-order valence-corrected chi connectivity index (χ0v) is 20.1. The number of fused-ring (bicyclic) bond motifs is 1. The van der Waals surface area contributed by atoms with E-state index in [-0.39, 0.29) is 24.8 Å². The summed E-state index contributed by atoms with van der Waals surface area (Å²) in [5.74, 6) is 0. The van der Waals surface area contributed by atoms with Crippen LogP contribution >= 0.6 is 0 Å². The Morgan fingerprint density at radius 3 is 2.44 bits per heavy atom. The number of hydrogen-bond acceptors (Lipinski definition) is 4. The minimum Gasteiger partial charge on any atom is -0.445 e. The molecule has 4 rings (SSSR count). The summed E-state index contributed by atoms with van der Waals surface area (Å²) in [4.78, 5) is 29.2. The number of amides is 2. The first-order valence-electron chi connectivity index (χ1n) is 11.8. The highest BCUT2D eigenvalue weighted by atomic mass is 16.6. The maximum absolute atomic E-state index is 12.9. The fourth-order valence-electron chi connectivity index (χ4n) is 4.26. The second kappa shape index (κ2) is 10.2. The van der Waals surface area contributed by atoms with E-state index in [1.165, 1.54) is 5.39 Å². The second-order valence-corrected chi connectivity index (χ2v) is 9.67. The monoisotopic (exact) mass is 463 g/mol. The molecule has 3 aromatic rings. The van der Waals surface area contributed by atoms with Crippen LogP contribution in [0.2, 0.25) is 0 Å². The molecule has 1 aromatic heterocycles. The van der Waals surface area contributed by atoms with E-state index in [0.717, 1.165) is 17.6 Å². The second-order valence-electron chi connectivity index (χ2n) is 9.67. The van der Waals surface area contributed by atoms with Crippen LogP contribution in [-0.4, -0.2) is 57.8 Å². The Balaban J connectivity index is 1.44. The summed E-state index contributed by atoms with van der Waals surface area (Å²) in [5, 5.41) is 1.18. The topological polar surface area (TPSA) is 64.0 Å². The number of rotatable bonds is 5. The molecule has 34 heavy (non-hydrogen) atoms. The van der Waals surface area contributed by atoms with Crippen LogP contribution in [0.1, 0.15) is 32.8 Å². The van der Waals surface area contributed by atoms with Gasteiger partial charge in [-0.15, -0.1) is 0 Å². The number of carbonyl (C=O) groups excluding carboxylic acids is 2. The summed E-state index contributed by atoms with van der Waals surface area (Å²) in [6.45, 7) is 7.78. The first-order valence-corrected chi connectivity index (χ1v) is 11.8. The summed E-state index contributed by atoms with van der Waals surface area (Å²) in [5.41, 5.74) is 1.52. The van der Waals surface area contributed by atoms with E-state index in [9.17, 15) is 9.59 Å². The number of aryl methyl sites for hydroxylation is 1. The van der Waals surface area contributed by atoms with Gasteiger partial charge in [0.05, 0.1) is 6.04 Å². The van der Waals surface area contributed by atoms with Gasteiger partial charge in [0.25, 0.3) is 0 Å². The van der Waals surface area contributed by atoms with Crippen molar-refractivity contribution >= 4 is 23.1 Å². The predicted molar refractivity (Wildman–Crippen MR) is 131 cm³/mol. The molecule has 180 valence electrons. The van der Waals surface area contributed by atoms with Gasteiger partial charge >= 0.3 is 12.2 Å². The molecule has 0 unspecified atom stereocenters. The first-order chi connectivity index (χ1) is 16.3. The van der Waals surface area contributed by atoms with Gasteiger partial charge in [-0.05, 0) is 50.3 Å². The van der Waals surface area contributed by atoms with Crippen molar-refractivity contribution in [2.75, 3.05) is 19.6 Å². The average Bonchev–Trinajstić information content (AvgIpc) is 3.23. The molecular weight excluding hydrogens is 430 g/mol. The average molecular weight is 464 g/mol. The summed E-state index contributed by atoms with van der Waals surface area (Å²) in [6.07, 6.45) is 2.06. The zero-order chi connectivity index (χ0) is 24.1. The summed E-state index contributed by atoms with van der Waals surface area (Å²) >= 11 is 0. The standard InChI is InChI=1S/C27H33N3O4/c1-27(2,3)34-26(32)30-18-17-29(25(31)33-20-21-9-5-4-6-10-21)19-23(30)14-16-28-15-13-22-11-7-8-12-24(22)28/h4-13,15,23H,14,16-20H2,1-3H3/t23-/m1/s1. The molecule has 1 aliphatic heterocycles. The molecule has 1 fully saturated rings. The van der Waals surface area contributed by atoms with E-state index < -0.39 is 5.60 Å². The van der Waals surface area contributed by atoms with Crippen LogP contribution in [0.4, 0.5) is 9.59 Å². The molecule has 1 atom stereocenters. The Hall–Kier alpha value is -3.48. The fraction of sp³-hybridized carbons (Fsp3) is 0.407. The normalized spacial score (nSPS) is 16.5. The predicted octanol–water partition coefficient (Wildman–Crippen LogP) is 5.29. The quantitative estimate of drug-likeness (QED) is 0.516. The minimum absolute atomic E-state index is 0.172. The highest BCUT2D eigenvalue weighted by Gasteiger charge is 2.35. The van der Waals surface area contributed by atoms with Gasteiger partial charge in [0.15, 0.2) is 0 Å². The van der Waals surface area contributed by atoms with Crippen LogP contribution in [0, 0.1) is 0 Å². The van der Waals surface area contributed by atoms with Gasteiger partial charge in [-0.3, -0.25) is 0 Å². The van der Waals surface area contributed by atoms with Gasteiger partial charge in [-0.25, -0.2) is 9.59 Å². The molecule has 0 saturated carbocycles. The molecule has 7 nitrogen and oxygen atoms in total. The molecule has 2 heterocycles. The Bertz CT molecular complexity index is 1120. The van der Waals surface area contributed by atoms with Gasteiger partial charge in [-0.2, -0.15) is 0 Å². The summed E-state index contributed by atoms with van der Waals surface area (Å²) in [6, 6.07) is 19.8. The number of benzene rings is 2. The molecule has 1 aliphatic rings. The van der Waals surface area contributed by atoms with Crippen LogP contribution in [0.3, 0.4) is 0 Å². The SMILES string of the molecule is CC(C)(C)OC(=O)N1CCN(C(=O)OCc2ccccc2)C[C@H]1CCn1ccc2ccccc21. The van der Waals surface area contributed by atoms with Crippen molar-refractivity contribution in [2.45, 2.75) is 52.0 Å². The summed E-state index contributed by atoms with van der Waals surface area (Å²) < 4.78 is 13.4. The lowest BCUT2D eigenvalue weighted by atomic mass is 10.1. The molecule has 2 aromatic carbocycles. The Morgan fingerprint density at radius 2 is 1.68 bits per heavy atom. The van der Waals surface area contributed by atoms with E-state index in [1.807, 2.05) is 63.2 Å². The van der Waals surface area contributed by atoms with E-state index in [0.29, 0.717) is 26.1 Å². The highest BCUT2D eigenvalue weighted by molar-refractivity contribution is 5.79. The first kappa shape index (κ1) is 23.7. The van der Waals surface area contributed by atoms with Crippen LogP contribution < -0.4 is 0 Å². The van der Waals surface area contributed by atoms with Crippen LogP contribution in [0.15, 0.2) is 66.9 Å². The van der Waals surface area contributed by atoms with E-state index in [4.69, 9.17) is 9.47 Å². The molecule has 1 saturated heterocycles. The maximum atomic E-state index is 12.9. The molecule has 0 radical (unpaired) electrons. The lowest BCUT2D eigenvalue weighted by Gasteiger charge is -2.41. The molecule has 7 heteroatoms. The van der Waals surface area contributed by atoms with Crippen molar-refractivity contribution in [3.05, 3.63) is 72.4 Å². The Kier molecular flexibility index (Phi) is 7.10. The molecule has 0 spiro atoms. The van der Waals surface area contributed by atoms with Crippen LogP contribution in [-0.2, 0) is 22.6 Å². The summed E-state index contributed by atoms with van der Waals surface area (Å²) in [7, 11) is 0. The highest BCUT2D eigenvalue weighted by Crippen LogP contribution is 2.21. The van der Waals surface area contributed by atoms with Crippen LogP contribution in [0.25, 0.3) is 10.9 Å². The minimum atomic E-state index is -0.579. The van der Waals surface area contributed by atoms with Gasteiger partial charge in [-0.1, -0.05) is 48.5 Å². The Morgan fingerprint density at radius 1 is 0.941 bits per heavy atom. The van der Waals surface area contributed by atoms with Crippen molar-refractivity contribution in [2.24, 2.45) is 0 Å². The third-order valence-electron chi connectivity index (χ3n) is 5.96. The zero-order valence-electron chi connectivity index (χ0n) is 20.1. The maximum Gasteiger partial charge on any atom is 0.410 e. The number of piperazine rings is 1. The number of hydrogen-bond donors (Lipinski definition) is 0. The number of carbonyl (C=O) groups is 2. The van der Waals surface area contributed by atoms with Crippen molar-refractivity contribution in [1.82, 2.24) is 14.4 Å².